The maximum Gasteiger partial charge on any atom is 0.324 e. The van der Waals surface area contributed by atoms with E-state index in [1.807, 2.05) is 18.2 Å². The molecule has 2 heterocycles. The third kappa shape index (κ3) is 5.05. The van der Waals surface area contributed by atoms with Crippen LogP contribution < -0.4 is 9.80 Å². The number of piperazine rings is 1. The molecule has 3 aromatic carbocycles. The van der Waals surface area contributed by atoms with Crippen molar-refractivity contribution in [3.8, 4) is 28.0 Å². The molecule has 2 aliphatic heterocycles. The van der Waals surface area contributed by atoms with Gasteiger partial charge in [-0.05, 0) is 68.3 Å². The summed E-state index contributed by atoms with van der Waals surface area (Å²) in [5.41, 5.74) is 3.88. The van der Waals surface area contributed by atoms with E-state index in [9.17, 15) is 14.3 Å². The fourth-order valence-electron chi connectivity index (χ4n) is 5.31. The van der Waals surface area contributed by atoms with Gasteiger partial charge in [-0.3, -0.25) is 9.80 Å². The average molecular weight is 537 g/mol. The van der Waals surface area contributed by atoms with E-state index in [0.717, 1.165) is 37.4 Å². The van der Waals surface area contributed by atoms with E-state index in [1.165, 1.54) is 12.1 Å². The van der Waals surface area contributed by atoms with Gasteiger partial charge in [-0.25, -0.2) is 9.18 Å². The molecule has 2 amide bonds. The van der Waals surface area contributed by atoms with Crippen molar-refractivity contribution < 1.29 is 14.3 Å². The maximum atomic E-state index is 14.9. The van der Waals surface area contributed by atoms with Crippen LogP contribution >= 0.6 is 11.6 Å². The fraction of sp³-hybridized carbons (Fsp3) is 0.367. The second-order valence-electron chi connectivity index (χ2n) is 11.1. The molecule has 2 fully saturated rings. The molecular weight excluding hydrogens is 503 g/mol. The van der Waals surface area contributed by atoms with Gasteiger partial charge in [0.15, 0.2) is 0 Å². The van der Waals surface area contributed by atoms with E-state index in [1.54, 1.807) is 35.0 Å². The minimum absolute atomic E-state index is 0.0121. The van der Waals surface area contributed by atoms with Crippen LogP contribution in [0.3, 0.4) is 0 Å². The van der Waals surface area contributed by atoms with Crippen LogP contribution in [-0.4, -0.2) is 72.8 Å². The van der Waals surface area contributed by atoms with Gasteiger partial charge in [-0.2, -0.15) is 0 Å². The van der Waals surface area contributed by atoms with Gasteiger partial charge in [0.05, 0.1) is 10.7 Å². The third-order valence-electron chi connectivity index (χ3n) is 7.59. The predicted molar refractivity (Wildman–Crippen MR) is 153 cm³/mol. The standard InChI is InChI=1S/C30H34ClFN4O2/c1-30(2,3)35-13-11-34(12-14-35)23-7-5-6-20(16-23)24-18-22(32)19-25(28(24)37)21-8-9-27(26(31)17-21)36-15-10-33(4)29(36)38/h5-9,16-19,37H,10-15H2,1-4H3. The van der Waals surface area contributed by atoms with Gasteiger partial charge < -0.3 is 14.9 Å². The summed E-state index contributed by atoms with van der Waals surface area (Å²) in [7, 11) is 1.75. The second-order valence-corrected chi connectivity index (χ2v) is 11.5. The smallest absolute Gasteiger partial charge is 0.324 e. The van der Waals surface area contributed by atoms with Crippen LogP contribution in [0, 0.1) is 5.82 Å². The Balaban J connectivity index is 1.44. The molecule has 3 aromatic rings. The molecule has 2 aliphatic rings. The van der Waals surface area contributed by atoms with Crippen molar-refractivity contribution in [2.24, 2.45) is 0 Å². The number of hydrogen-bond donors (Lipinski definition) is 1. The number of halogens is 2. The summed E-state index contributed by atoms with van der Waals surface area (Å²) >= 11 is 6.57. The molecule has 0 spiro atoms. The Labute approximate surface area is 228 Å². The molecule has 0 bridgehead atoms. The Kier molecular flexibility index (Phi) is 7.01. The van der Waals surface area contributed by atoms with E-state index in [4.69, 9.17) is 11.6 Å². The van der Waals surface area contributed by atoms with Crippen molar-refractivity contribution in [2.75, 3.05) is 56.1 Å². The molecule has 0 aliphatic carbocycles. The van der Waals surface area contributed by atoms with Gasteiger partial charge in [0.25, 0.3) is 0 Å². The van der Waals surface area contributed by atoms with Gasteiger partial charge in [0, 0.05) is 68.7 Å². The van der Waals surface area contributed by atoms with Gasteiger partial charge in [-0.15, -0.1) is 0 Å². The number of aromatic hydroxyl groups is 1. The van der Waals surface area contributed by atoms with E-state index >= 15 is 0 Å². The lowest BCUT2D eigenvalue weighted by atomic mass is 9.96. The summed E-state index contributed by atoms with van der Waals surface area (Å²) in [5, 5.41) is 11.7. The molecule has 0 radical (unpaired) electrons. The zero-order valence-corrected chi connectivity index (χ0v) is 23.1. The summed E-state index contributed by atoms with van der Waals surface area (Å²) in [4.78, 5) is 20.5. The Hall–Kier alpha value is -3.29. The second kappa shape index (κ2) is 10.1. The number of phenolic OH excluding ortho intramolecular Hbond substituents is 1. The highest BCUT2D eigenvalue weighted by Gasteiger charge is 2.29. The number of hydrogen-bond acceptors (Lipinski definition) is 4. The molecule has 38 heavy (non-hydrogen) atoms. The Morgan fingerprint density at radius 1 is 0.868 bits per heavy atom. The maximum absolute atomic E-state index is 14.9. The van der Waals surface area contributed by atoms with Crippen LogP contribution in [0.4, 0.5) is 20.6 Å². The van der Waals surface area contributed by atoms with Gasteiger partial charge >= 0.3 is 6.03 Å². The number of rotatable bonds is 4. The van der Waals surface area contributed by atoms with Crippen molar-refractivity contribution in [1.29, 1.82) is 0 Å². The van der Waals surface area contributed by atoms with Crippen molar-refractivity contribution in [3.05, 3.63) is 65.4 Å². The quantitative estimate of drug-likeness (QED) is 0.424. The molecule has 0 saturated carbocycles. The Morgan fingerprint density at radius 3 is 2.11 bits per heavy atom. The fourth-order valence-corrected chi connectivity index (χ4v) is 5.59. The zero-order chi connectivity index (χ0) is 27.2. The lowest BCUT2D eigenvalue weighted by Gasteiger charge is -2.43. The predicted octanol–water partition coefficient (Wildman–Crippen LogP) is 6.31. The highest BCUT2D eigenvalue weighted by molar-refractivity contribution is 6.34. The van der Waals surface area contributed by atoms with Gasteiger partial charge in [0.2, 0.25) is 0 Å². The molecule has 5 rings (SSSR count). The normalized spacial score (nSPS) is 17.0. The number of amides is 2. The number of carbonyl (C=O) groups excluding carboxylic acids is 1. The van der Waals surface area contributed by atoms with E-state index < -0.39 is 5.82 Å². The highest BCUT2D eigenvalue weighted by atomic mass is 35.5. The minimum Gasteiger partial charge on any atom is -0.507 e. The molecule has 6 nitrogen and oxygen atoms in total. The third-order valence-corrected chi connectivity index (χ3v) is 7.89. The number of benzene rings is 3. The Morgan fingerprint density at radius 2 is 1.53 bits per heavy atom. The molecule has 2 saturated heterocycles. The average Bonchev–Trinajstić information content (AvgIpc) is 3.22. The topological polar surface area (TPSA) is 50.3 Å². The molecule has 0 unspecified atom stereocenters. The summed E-state index contributed by atoms with van der Waals surface area (Å²) in [5.74, 6) is -0.463. The molecule has 0 aromatic heterocycles. The molecular formula is C30H34ClFN4O2. The van der Waals surface area contributed by atoms with Crippen LogP contribution in [0.2, 0.25) is 5.02 Å². The van der Waals surface area contributed by atoms with Crippen molar-refractivity contribution in [2.45, 2.75) is 26.3 Å². The number of carbonyl (C=O) groups is 1. The van der Waals surface area contributed by atoms with Crippen LogP contribution in [0.1, 0.15) is 20.8 Å². The summed E-state index contributed by atoms with van der Waals surface area (Å²) < 4.78 is 14.9. The molecule has 8 heteroatoms. The van der Waals surface area contributed by atoms with Crippen LogP contribution in [-0.2, 0) is 0 Å². The molecule has 200 valence electrons. The van der Waals surface area contributed by atoms with Crippen LogP contribution in [0.15, 0.2) is 54.6 Å². The van der Waals surface area contributed by atoms with Crippen LogP contribution in [0.5, 0.6) is 5.75 Å². The highest BCUT2D eigenvalue weighted by Crippen LogP contribution is 2.42. The van der Waals surface area contributed by atoms with E-state index in [2.05, 4.69) is 36.6 Å². The zero-order valence-electron chi connectivity index (χ0n) is 22.3. The summed E-state index contributed by atoms with van der Waals surface area (Å²) in [6.45, 7) is 11.6. The van der Waals surface area contributed by atoms with Gasteiger partial charge in [-0.1, -0.05) is 29.8 Å². The number of anilines is 2. The summed E-state index contributed by atoms with van der Waals surface area (Å²) in [6, 6.07) is 15.6. The lowest BCUT2D eigenvalue weighted by Crippen LogP contribution is -2.53. The van der Waals surface area contributed by atoms with E-state index in [-0.39, 0.29) is 17.3 Å². The first-order valence-corrected chi connectivity index (χ1v) is 13.4. The minimum atomic E-state index is -0.450. The number of urea groups is 1. The van der Waals surface area contributed by atoms with Crippen molar-refractivity contribution in [1.82, 2.24) is 9.80 Å². The van der Waals surface area contributed by atoms with E-state index in [0.29, 0.717) is 40.5 Å². The number of phenols is 1. The summed E-state index contributed by atoms with van der Waals surface area (Å²) in [6.07, 6.45) is 0. The SMILES string of the molecule is CN1CCN(c2ccc(-c3cc(F)cc(-c4cccc(N5CCN(C(C)(C)C)CC5)c4)c3O)cc2Cl)C1=O. The lowest BCUT2D eigenvalue weighted by molar-refractivity contribution is 0.128. The van der Waals surface area contributed by atoms with Crippen LogP contribution in [0.25, 0.3) is 22.3 Å². The first kappa shape index (κ1) is 26.3. The molecule has 1 N–H and O–H groups in total. The number of likely N-dealkylation sites (N-methyl/N-ethyl adjacent to an activating group) is 1. The van der Waals surface area contributed by atoms with Crippen molar-refractivity contribution >= 4 is 29.0 Å². The first-order chi connectivity index (χ1) is 18.0. The van der Waals surface area contributed by atoms with Crippen molar-refractivity contribution in [3.63, 3.8) is 0 Å². The van der Waals surface area contributed by atoms with Gasteiger partial charge in [0.1, 0.15) is 11.6 Å². The number of nitrogens with zero attached hydrogens (tertiary/aromatic N) is 4. The molecule has 0 atom stereocenters. The largest absolute Gasteiger partial charge is 0.507 e. The monoisotopic (exact) mass is 536 g/mol. The Bertz CT molecular complexity index is 1360. The first-order valence-electron chi connectivity index (χ1n) is 13.0.